The minimum atomic E-state index is -3.50. The van der Waals surface area contributed by atoms with E-state index in [2.05, 4.69) is 19.6 Å². The predicted octanol–water partition coefficient (Wildman–Crippen LogP) is 1.90. The molecule has 0 amide bonds. The van der Waals surface area contributed by atoms with Crippen LogP contribution in [0.3, 0.4) is 0 Å². The second kappa shape index (κ2) is 16.9. The van der Waals surface area contributed by atoms with E-state index < -0.39 is 16.9 Å². The summed E-state index contributed by atoms with van der Waals surface area (Å²) in [6.07, 6.45) is 20.6. The van der Waals surface area contributed by atoms with E-state index in [0.717, 1.165) is 28.3 Å². The summed E-state index contributed by atoms with van der Waals surface area (Å²) in [7, 11) is -0.253. The van der Waals surface area contributed by atoms with Crippen LogP contribution in [-0.4, -0.2) is 55.7 Å². The zero-order chi connectivity index (χ0) is 25.8. The number of hydrogen-bond donors (Lipinski definition) is 0. The Morgan fingerprint density at radius 3 is 1.56 bits per heavy atom. The Kier molecular flexibility index (Phi) is 16.2. The minimum absolute atomic E-state index is 0. The molecular formula is C30H50Cl2NO3PRuS. The molecule has 0 atom stereocenters. The molecule has 3 fully saturated rings. The zero-order valence-corrected chi connectivity index (χ0v) is 29.3. The first-order valence-corrected chi connectivity index (χ1v) is 18.2. The van der Waals surface area contributed by atoms with Crippen molar-refractivity contribution in [2.24, 2.45) is 0 Å². The maximum Gasteiger partial charge on any atom is 2.00 e. The number of rotatable bonds is 8. The topological polar surface area (TPSA) is 46.6 Å². The summed E-state index contributed by atoms with van der Waals surface area (Å²) in [6.45, 7) is 2.62. The van der Waals surface area contributed by atoms with Gasteiger partial charge < -0.3 is 29.6 Å². The SMILES string of the molecule is CC(C)Oc1ccc(S(=O)(=O)N(C)C)cc1C=P(C1CCCCC1)(C1CCCCC1)C1CCCCC1.[Cl-].[Cl-].[Ru+2]. The van der Waals surface area contributed by atoms with Gasteiger partial charge in [0.2, 0.25) is 10.0 Å². The van der Waals surface area contributed by atoms with Gasteiger partial charge in [0.25, 0.3) is 0 Å². The Morgan fingerprint density at radius 1 is 0.795 bits per heavy atom. The molecule has 0 unspecified atom stereocenters. The molecule has 4 nitrogen and oxygen atoms in total. The Balaban J connectivity index is 0.00000253. The summed E-state index contributed by atoms with van der Waals surface area (Å²) in [5, 5.41) is 0. The van der Waals surface area contributed by atoms with Gasteiger partial charge in [-0.2, -0.15) is 0 Å². The van der Waals surface area contributed by atoms with Crippen molar-refractivity contribution in [2.45, 2.75) is 138 Å². The number of benzene rings is 1. The Bertz CT molecular complexity index is 980. The first-order valence-electron chi connectivity index (χ1n) is 14.7. The van der Waals surface area contributed by atoms with Crippen molar-refractivity contribution in [1.29, 1.82) is 0 Å². The molecule has 226 valence electrons. The molecule has 0 N–H and O–H groups in total. The molecule has 0 spiro atoms. The van der Waals surface area contributed by atoms with Gasteiger partial charge in [0.15, 0.2) is 0 Å². The Morgan fingerprint density at radius 2 is 1.21 bits per heavy atom. The Hall–Kier alpha value is 0.433. The smallest absolute Gasteiger partial charge is 1.00 e. The van der Waals surface area contributed by atoms with Crippen molar-refractivity contribution < 1.29 is 57.4 Å². The van der Waals surface area contributed by atoms with Crippen molar-refractivity contribution >= 4 is 22.7 Å². The number of hydrogen-bond acceptors (Lipinski definition) is 3. The van der Waals surface area contributed by atoms with Crippen molar-refractivity contribution in [3.8, 4) is 5.75 Å². The van der Waals surface area contributed by atoms with Gasteiger partial charge in [-0.3, -0.25) is 0 Å². The molecule has 0 saturated heterocycles. The minimum Gasteiger partial charge on any atom is -1.00 e. The van der Waals surface area contributed by atoms with Crippen molar-refractivity contribution in [2.75, 3.05) is 14.1 Å². The predicted molar refractivity (Wildman–Crippen MR) is 156 cm³/mol. The summed E-state index contributed by atoms with van der Waals surface area (Å²) in [5.41, 5.74) is 3.47. The molecule has 1 aromatic rings. The van der Waals surface area contributed by atoms with Gasteiger partial charge in [-0.15, -0.1) is 0 Å². The van der Waals surface area contributed by atoms with E-state index in [0.29, 0.717) is 4.90 Å². The second-order valence-electron chi connectivity index (χ2n) is 12.1. The molecular weight excluding hydrogens is 657 g/mol. The van der Waals surface area contributed by atoms with Crippen LogP contribution in [0.5, 0.6) is 5.75 Å². The average Bonchev–Trinajstić information content (AvgIpc) is 2.89. The van der Waals surface area contributed by atoms with Crippen LogP contribution in [-0.2, 0) is 29.5 Å². The molecule has 39 heavy (non-hydrogen) atoms. The zero-order valence-electron chi connectivity index (χ0n) is 24.4. The third-order valence-electron chi connectivity index (χ3n) is 9.11. The fourth-order valence-corrected chi connectivity index (χ4v) is 15.2. The largest absolute Gasteiger partial charge is 2.00 e. The van der Waals surface area contributed by atoms with Crippen LogP contribution in [0.4, 0.5) is 0 Å². The van der Waals surface area contributed by atoms with Crippen LogP contribution in [0.2, 0.25) is 0 Å². The third kappa shape index (κ3) is 8.73. The van der Waals surface area contributed by atoms with Crippen molar-refractivity contribution in [3.05, 3.63) is 23.8 Å². The van der Waals surface area contributed by atoms with Crippen LogP contribution in [0.1, 0.15) is 116 Å². The van der Waals surface area contributed by atoms with Gasteiger partial charge in [-0.1, -0.05) is 70.5 Å². The fourth-order valence-electron chi connectivity index (χ4n) is 7.40. The van der Waals surface area contributed by atoms with E-state index in [1.807, 2.05) is 12.1 Å². The first-order chi connectivity index (χ1) is 17.2. The van der Waals surface area contributed by atoms with Crippen molar-refractivity contribution in [1.82, 2.24) is 4.31 Å². The molecule has 0 aliphatic heterocycles. The summed E-state index contributed by atoms with van der Waals surface area (Å²) in [6, 6.07) is 5.63. The molecule has 0 radical (unpaired) electrons. The molecule has 4 rings (SSSR count). The number of nitrogens with zero attached hydrogens (tertiary/aromatic N) is 1. The van der Waals surface area contributed by atoms with E-state index in [-0.39, 0.29) is 50.4 Å². The van der Waals surface area contributed by atoms with Crippen LogP contribution in [0, 0.1) is 0 Å². The molecule has 0 aromatic heterocycles. The van der Waals surface area contributed by atoms with Gasteiger partial charge in [-0.25, -0.2) is 12.7 Å². The monoisotopic (exact) mass is 707 g/mol. The second-order valence-corrected chi connectivity index (χ2v) is 18.4. The van der Waals surface area contributed by atoms with E-state index in [1.165, 1.54) is 101 Å². The summed E-state index contributed by atoms with van der Waals surface area (Å²) in [4.78, 5) is 0.392. The summed E-state index contributed by atoms with van der Waals surface area (Å²) >= 11 is 0. The number of ether oxygens (including phenoxy) is 1. The molecule has 9 heteroatoms. The van der Waals surface area contributed by atoms with Gasteiger partial charge in [-0.05, 0) is 87.5 Å². The maximum absolute atomic E-state index is 13.2. The molecule has 1 aromatic carbocycles. The first kappa shape index (κ1) is 37.5. The van der Waals surface area contributed by atoms with Crippen LogP contribution >= 0.6 is 6.89 Å². The average molecular weight is 708 g/mol. The van der Waals surface area contributed by atoms with Gasteiger partial charge >= 0.3 is 19.5 Å². The third-order valence-corrected chi connectivity index (χ3v) is 17.0. The molecule has 3 aliphatic rings. The van der Waals surface area contributed by atoms with Crippen LogP contribution < -0.4 is 29.6 Å². The van der Waals surface area contributed by atoms with Gasteiger partial charge in [0.1, 0.15) is 5.75 Å². The van der Waals surface area contributed by atoms with Crippen LogP contribution in [0.15, 0.2) is 23.1 Å². The van der Waals surface area contributed by atoms with Gasteiger partial charge in [0, 0.05) is 19.7 Å². The van der Waals surface area contributed by atoms with E-state index in [4.69, 9.17) is 4.74 Å². The number of sulfonamides is 1. The quantitative estimate of drug-likeness (QED) is 0.307. The Labute approximate surface area is 264 Å². The summed E-state index contributed by atoms with van der Waals surface area (Å²) in [5.74, 6) is 3.58. The fraction of sp³-hybridized carbons (Fsp3) is 0.767. The molecule has 3 saturated carbocycles. The maximum atomic E-state index is 13.2. The normalized spacial score (nSPS) is 20.1. The molecule has 0 heterocycles. The summed E-state index contributed by atoms with van der Waals surface area (Å²) < 4.78 is 34.0. The van der Waals surface area contributed by atoms with E-state index in [1.54, 1.807) is 20.2 Å². The standard InChI is InChI=1S/C30H50NO3PS.2ClH.Ru/c1-24(2)34-30-21-20-29(36(32,33)31(3)4)22-25(30)23-35(26-14-8-5-9-15-26,27-16-10-6-11-17-27)28-18-12-7-13-19-28;;;/h20-24,26-28H,5-19H2,1-4H3;2*1H;/q;;;+2/p-2. The van der Waals surface area contributed by atoms with Crippen molar-refractivity contribution in [3.63, 3.8) is 0 Å². The van der Waals surface area contributed by atoms with Crippen LogP contribution in [0.25, 0.3) is 0 Å². The molecule has 0 bridgehead atoms. The number of halogens is 2. The van der Waals surface area contributed by atoms with Gasteiger partial charge in [0.05, 0.1) is 11.0 Å². The van der Waals surface area contributed by atoms with E-state index >= 15 is 0 Å². The van der Waals surface area contributed by atoms with E-state index in [9.17, 15) is 8.42 Å². The molecule has 3 aliphatic carbocycles.